The highest BCUT2D eigenvalue weighted by Crippen LogP contribution is 2.32. The summed E-state index contributed by atoms with van der Waals surface area (Å²) in [7, 11) is 0. The van der Waals surface area contributed by atoms with Gasteiger partial charge in [0.25, 0.3) is 5.91 Å². The van der Waals surface area contributed by atoms with Crippen LogP contribution in [0, 0.1) is 0 Å². The number of halogens is 1. The van der Waals surface area contributed by atoms with Crippen LogP contribution in [-0.4, -0.2) is 30.1 Å². The van der Waals surface area contributed by atoms with Crippen LogP contribution in [0.2, 0.25) is 0 Å². The molecule has 1 amide bonds. The number of hydrogen-bond donors (Lipinski definition) is 0. The van der Waals surface area contributed by atoms with Gasteiger partial charge in [-0.1, -0.05) is 12.1 Å². The first kappa shape index (κ1) is 16.4. The number of benzene rings is 1. The maximum atomic E-state index is 12.2. The number of aromatic nitrogens is 1. The lowest BCUT2D eigenvalue weighted by molar-refractivity contribution is -0.121. The second kappa shape index (κ2) is 7.00. The molecule has 0 saturated carbocycles. The molecule has 0 atom stereocenters. The normalized spacial score (nSPS) is 13.2. The van der Waals surface area contributed by atoms with Gasteiger partial charge in [-0.2, -0.15) is 0 Å². The summed E-state index contributed by atoms with van der Waals surface area (Å²) in [4.78, 5) is 30.0. The lowest BCUT2D eigenvalue weighted by Crippen LogP contribution is -2.39. The van der Waals surface area contributed by atoms with Crippen LogP contribution >= 0.6 is 15.9 Å². The first-order valence-electron chi connectivity index (χ1n) is 7.44. The Labute approximate surface area is 147 Å². The number of rotatable bonds is 4. The lowest BCUT2D eigenvalue weighted by atomic mass is 10.1. The molecule has 0 fully saturated rings. The zero-order valence-electron chi connectivity index (χ0n) is 13.0. The van der Waals surface area contributed by atoms with Crippen molar-refractivity contribution in [1.82, 2.24) is 4.98 Å². The van der Waals surface area contributed by atoms with Crippen molar-refractivity contribution in [1.29, 1.82) is 0 Å². The van der Waals surface area contributed by atoms with Gasteiger partial charge in [0.2, 0.25) is 0 Å². The van der Waals surface area contributed by atoms with Gasteiger partial charge in [-0.3, -0.25) is 9.69 Å². The van der Waals surface area contributed by atoms with Gasteiger partial charge in [0.1, 0.15) is 4.60 Å². The summed E-state index contributed by atoms with van der Waals surface area (Å²) in [5.41, 5.74) is 1.26. The molecular formula is C17H15BrN2O4. The van der Waals surface area contributed by atoms with Gasteiger partial charge < -0.3 is 9.47 Å². The van der Waals surface area contributed by atoms with E-state index >= 15 is 0 Å². The molecule has 7 heteroatoms. The number of pyridine rings is 1. The maximum absolute atomic E-state index is 12.2. The van der Waals surface area contributed by atoms with E-state index < -0.39 is 0 Å². The van der Waals surface area contributed by atoms with Crippen LogP contribution in [0.25, 0.3) is 0 Å². The molecule has 0 unspecified atom stereocenters. The zero-order chi connectivity index (χ0) is 17.1. The number of ether oxygens (including phenoxy) is 2. The summed E-state index contributed by atoms with van der Waals surface area (Å²) in [5, 5.41) is 0. The van der Waals surface area contributed by atoms with Crippen molar-refractivity contribution in [2.24, 2.45) is 0 Å². The molecule has 1 aromatic heterocycles. The highest BCUT2D eigenvalue weighted by Gasteiger charge is 2.27. The minimum absolute atomic E-state index is 0.0338. The van der Waals surface area contributed by atoms with Crippen molar-refractivity contribution in [2.45, 2.75) is 13.5 Å². The van der Waals surface area contributed by atoms with Gasteiger partial charge in [-0.25, -0.2) is 9.78 Å². The number of esters is 1. The fraction of sp³-hybridized carbons (Fsp3) is 0.235. The third-order valence-corrected chi connectivity index (χ3v) is 3.93. The Morgan fingerprint density at radius 1 is 1.38 bits per heavy atom. The molecule has 24 heavy (non-hydrogen) atoms. The Bertz CT molecular complexity index is 794. The molecule has 0 N–H and O–H groups in total. The van der Waals surface area contributed by atoms with E-state index in [2.05, 4.69) is 20.9 Å². The average Bonchev–Trinajstić information content (AvgIpc) is 2.58. The molecule has 0 bridgehead atoms. The molecular weight excluding hydrogens is 376 g/mol. The summed E-state index contributed by atoms with van der Waals surface area (Å²) >= 11 is 3.31. The van der Waals surface area contributed by atoms with Crippen LogP contribution in [-0.2, 0) is 16.1 Å². The van der Waals surface area contributed by atoms with Crippen molar-refractivity contribution in [3.63, 3.8) is 0 Å². The molecule has 6 nitrogen and oxygen atoms in total. The number of nitrogens with zero attached hydrogens (tertiary/aromatic N) is 2. The Kier molecular flexibility index (Phi) is 4.80. The van der Waals surface area contributed by atoms with Gasteiger partial charge in [0, 0.05) is 0 Å². The molecule has 1 aromatic carbocycles. The highest BCUT2D eigenvalue weighted by molar-refractivity contribution is 9.10. The van der Waals surface area contributed by atoms with E-state index in [1.807, 2.05) is 6.07 Å². The van der Waals surface area contributed by atoms with Crippen molar-refractivity contribution in [3.05, 3.63) is 52.1 Å². The molecule has 2 heterocycles. The summed E-state index contributed by atoms with van der Waals surface area (Å²) < 4.78 is 11.0. The second-order valence-electron chi connectivity index (χ2n) is 5.15. The Balaban J connectivity index is 1.89. The van der Waals surface area contributed by atoms with E-state index in [4.69, 9.17) is 9.47 Å². The molecule has 0 aliphatic carbocycles. The number of carbonyl (C=O) groups excluding carboxylic acids is 2. The second-order valence-corrected chi connectivity index (χ2v) is 5.96. The molecule has 0 spiro atoms. The van der Waals surface area contributed by atoms with Crippen LogP contribution in [0.5, 0.6) is 5.75 Å². The van der Waals surface area contributed by atoms with Gasteiger partial charge in [0.15, 0.2) is 18.2 Å². The predicted molar refractivity (Wildman–Crippen MR) is 91.0 cm³/mol. The monoisotopic (exact) mass is 390 g/mol. The van der Waals surface area contributed by atoms with Crippen molar-refractivity contribution in [2.75, 3.05) is 18.1 Å². The predicted octanol–water partition coefficient (Wildman–Crippen LogP) is 2.95. The smallest absolute Gasteiger partial charge is 0.338 e. The number of carbonyl (C=O) groups is 2. The molecule has 3 rings (SSSR count). The fourth-order valence-electron chi connectivity index (χ4n) is 2.41. The summed E-state index contributed by atoms with van der Waals surface area (Å²) in [6, 6.07) is 10.5. The minimum Gasteiger partial charge on any atom is -0.480 e. The average molecular weight is 391 g/mol. The maximum Gasteiger partial charge on any atom is 0.338 e. The van der Waals surface area contributed by atoms with Gasteiger partial charge in [-0.05, 0) is 52.7 Å². The number of amides is 1. The van der Waals surface area contributed by atoms with Crippen LogP contribution in [0.1, 0.15) is 22.8 Å². The minimum atomic E-state index is -0.381. The van der Waals surface area contributed by atoms with Gasteiger partial charge in [-0.15, -0.1) is 0 Å². The molecule has 2 aromatic rings. The topological polar surface area (TPSA) is 68.7 Å². The summed E-state index contributed by atoms with van der Waals surface area (Å²) in [5.74, 6) is 0.449. The van der Waals surface area contributed by atoms with E-state index in [9.17, 15) is 9.59 Å². The molecule has 1 aliphatic heterocycles. The van der Waals surface area contributed by atoms with Crippen molar-refractivity contribution >= 4 is 33.6 Å². The molecule has 1 aliphatic rings. The molecule has 124 valence electrons. The number of fused-ring (bicyclic) bond motifs is 1. The van der Waals surface area contributed by atoms with Crippen molar-refractivity contribution < 1.29 is 19.1 Å². The highest BCUT2D eigenvalue weighted by atomic mass is 79.9. The fourth-order valence-corrected chi connectivity index (χ4v) is 2.71. The first-order chi connectivity index (χ1) is 11.6. The third-order valence-electron chi connectivity index (χ3n) is 3.49. The quantitative estimate of drug-likeness (QED) is 0.592. The van der Waals surface area contributed by atoms with Gasteiger partial charge in [0.05, 0.1) is 18.7 Å². The van der Waals surface area contributed by atoms with Gasteiger partial charge >= 0.3 is 5.97 Å². The van der Waals surface area contributed by atoms with E-state index in [0.717, 1.165) is 5.56 Å². The standard InChI is InChI=1S/C17H15BrN2O4/c1-2-23-17(22)12-5-3-4-11(8-12)9-20-15(21)10-24-13-6-7-14(18)19-16(13)20/h3-8H,2,9-10H2,1H3. The van der Waals surface area contributed by atoms with Crippen LogP contribution in [0.15, 0.2) is 41.0 Å². The first-order valence-corrected chi connectivity index (χ1v) is 8.23. The van der Waals surface area contributed by atoms with Crippen LogP contribution in [0.4, 0.5) is 5.82 Å². The zero-order valence-corrected chi connectivity index (χ0v) is 14.6. The van der Waals surface area contributed by atoms with Crippen LogP contribution in [0.3, 0.4) is 0 Å². The van der Waals surface area contributed by atoms with E-state index in [-0.39, 0.29) is 18.5 Å². The number of anilines is 1. The third kappa shape index (κ3) is 3.41. The Hall–Kier alpha value is -2.41. The van der Waals surface area contributed by atoms with Crippen LogP contribution < -0.4 is 9.64 Å². The van der Waals surface area contributed by atoms with E-state index in [0.29, 0.717) is 34.9 Å². The molecule has 0 saturated heterocycles. The van der Waals surface area contributed by atoms with E-state index in [1.54, 1.807) is 42.2 Å². The summed E-state index contributed by atoms with van der Waals surface area (Å²) in [6.45, 7) is 2.34. The lowest BCUT2D eigenvalue weighted by Gasteiger charge is -2.28. The van der Waals surface area contributed by atoms with Crippen molar-refractivity contribution in [3.8, 4) is 5.75 Å². The summed E-state index contributed by atoms with van der Waals surface area (Å²) in [6.07, 6.45) is 0. The number of hydrogen-bond acceptors (Lipinski definition) is 5. The largest absolute Gasteiger partial charge is 0.480 e. The Morgan fingerprint density at radius 2 is 2.21 bits per heavy atom. The molecule has 0 radical (unpaired) electrons. The Morgan fingerprint density at radius 3 is 3.00 bits per heavy atom. The van der Waals surface area contributed by atoms with E-state index in [1.165, 1.54) is 0 Å². The SMILES string of the molecule is CCOC(=O)c1cccc(CN2C(=O)COc3ccc(Br)nc32)c1.